The molecule has 1 fully saturated rings. The Morgan fingerprint density at radius 1 is 1.41 bits per heavy atom. The van der Waals surface area contributed by atoms with E-state index in [1.807, 2.05) is 0 Å². The number of esters is 1. The largest absolute Gasteiger partial charge is 0.466 e. The summed E-state index contributed by atoms with van der Waals surface area (Å²) in [5.41, 5.74) is 0.655. The summed E-state index contributed by atoms with van der Waals surface area (Å²) >= 11 is 1.30. The smallest absolute Gasteiger partial charge is 0.310 e. The van der Waals surface area contributed by atoms with E-state index in [1.165, 1.54) is 23.9 Å². The molecule has 0 saturated carbocycles. The summed E-state index contributed by atoms with van der Waals surface area (Å²) in [7, 11) is 0. The van der Waals surface area contributed by atoms with Crippen molar-refractivity contribution in [2.45, 2.75) is 24.9 Å². The van der Waals surface area contributed by atoms with Gasteiger partial charge in [0.05, 0.1) is 24.0 Å². The van der Waals surface area contributed by atoms with Crippen molar-refractivity contribution in [3.8, 4) is 5.69 Å². The van der Waals surface area contributed by atoms with Gasteiger partial charge in [-0.2, -0.15) is 0 Å². The van der Waals surface area contributed by atoms with Crippen LogP contribution in [0.3, 0.4) is 0 Å². The van der Waals surface area contributed by atoms with Crippen LogP contribution in [0.2, 0.25) is 0 Å². The molecule has 144 valence electrons. The maximum Gasteiger partial charge on any atom is 0.310 e. The molecule has 0 bridgehead atoms. The molecule has 8 heteroatoms. The molecule has 1 atom stereocenters. The number of nitrogens with zero attached hydrogens (tertiary/aromatic N) is 3. The first-order valence-corrected chi connectivity index (χ1v) is 9.93. The molecular weight excluding hydrogens is 369 g/mol. The van der Waals surface area contributed by atoms with E-state index in [9.17, 15) is 14.0 Å². The molecule has 1 aromatic heterocycles. The van der Waals surface area contributed by atoms with Gasteiger partial charge in [-0.15, -0.1) is 0 Å². The van der Waals surface area contributed by atoms with Gasteiger partial charge in [0.2, 0.25) is 5.91 Å². The minimum absolute atomic E-state index is 0.0391. The number of hydrogen-bond donors (Lipinski definition) is 0. The molecule has 1 amide bonds. The third-order valence-corrected chi connectivity index (χ3v) is 5.36. The van der Waals surface area contributed by atoms with Crippen LogP contribution in [0.25, 0.3) is 5.69 Å². The van der Waals surface area contributed by atoms with Crippen molar-refractivity contribution in [1.82, 2.24) is 14.5 Å². The van der Waals surface area contributed by atoms with E-state index in [-0.39, 0.29) is 29.4 Å². The molecule has 0 spiro atoms. The summed E-state index contributed by atoms with van der Waals surface area (Å²) in [5, 5.41) is 0.618. The van der Waals surface area contributed by atoms with Gasteiger partial charge in [-0.1, -0.05) is 17.8 Å². The number of carbonyl (C=O) groups is 2. The molecule has 0 aliphatic carbocycles. The predicted molar refractivity (Wildman–Crippen MR) is 100 cm³/mol. The third kappa shape index (κ3) is 4.88. The minimum Gasteiger partial charge on any atom is -0.466 e. The van der Waals surface area contributed by atoms with Crippen LogP contribution in [-0.2, 0) is 14.3 Å². The Bertz CT molecular complexity index is 811. The van der Waals surface area contributed by atoms with Crippen molar-refractivity contribution in [3.63, 3.8) is 0 Å². The van der Waals surface area contributed by atoms with Crippen molar-refractivity contribution in [3.05, 3.63) is 42.5 Å². The zero-order chi connectivity index (χ0) is 19.2. The standard InChI is InChI=1S/C19H22FN3O3S/c1-2-26-18(25)14-5-4-9-22(12-14)17(24)13-27-19-21-8-10-23(19)16-7-3-6-15(20)11-16/h3,6-8,10-11,14H,2,4-5,9,12-13H2,1H3. The second-order valence-corrected chi connectivity index (χ2v) is 7.22. The van der Waals surface area contributed by atoms with Crippen LogP contribution in [-0.4, -0.2) is 51.8 Å². The summed E-state index contributed by atoms with van der Waals surface area (Å²) in [6.45, 7) is 3.17. The topological polar surface area (TPSA) is 64.4 Å². The predicted octanol–water partition coefficient (Wildman–Crippen LogP) is 2.91. The maximum absolute atomic E-state index is 13.5. The number of hydrogen-bond acceptors (Lipinski definition) is 5. The van der Waals surface area contributed by atoms with Gasteiger partial charge in [0, 0.05) is 25.5 Å². The lowest BCUT2D eigenvalue weighted by Crippen LogP contribution is -2.43. The van der Waals surface area contributed by atoms with Crippen LogP contribution in [0.1, 0.15) is 19.8 Å². The lowest BCUT2D eigenvalue weighted by molar-refractivity contribution is -0.151. The highest BCUT2D eigenvalue weighted by molar-refractivity contribution is 7.99. The molecule has 1 saturated heterocycles. The first-order chi connectivity index (χ1) is 13.1. The molecule has 3 rings (SSSR count). The Morgan fingerprint density at radius 2 is 2.26 bits per heavy atom. The molecule has 6 nitrogen and oxygen atoms in total. The highest BCUT2D eigenvalue weighted by atomic mass is 32.2. The fourth-order valence-corrected chi connectivity index (χ4v) is 3.97. The fourth-order valence-electron chi connectivity index (χ4n) is 3.09. The Morgan fingerprint density at radius 3 is 3.04 bits per heavy atom. The van der Waals surface area contributed by atoms with E-state index in [0.29, 0.717) is 30.5 Å². The molecule has 1 aliphatic heterocycles. The highest BCUT2D eigenvalue weighted by Crippen LogP contribution is 2.23. The summed E-state index contributed by atoms with van der Waals surface area (Å²) in [5.74, 6) is -0.637. The van der Waals surface area contributed by atoms with E-state index >= 15 is 0 Å². The maximum atomic E-state index is 13.5. The van der Waals surface area contributed by atoms with E-state index in [2.05, 4.69) is 4.98 Å². The molecule has 0 radical (unpaired) electrons. The van der Waals surface area contributed by atoms with Gasteiger partial charge in [0.25, 0.3) is 0 Å². The van der Waals surface area contributed by atoms with E-state index < -0.39 is 0 Å². The zero-order valence-corrected chi connectivity index (χ0v) is 16.0. The monoisotopic (exact) mass is 391 g/mol. The van der Waals surface area contributed by atoms with Crippen molar-refractivity contribution in [1.29, 1.82) is 0 Å². The van der Waals surface area contributed by atoms with Crippen molar-refractivity contribution in [2.75, 3.05) is 25.4 Å². The summed E-state index contributed by atoms with van der Waals surface area (Å²) < 4.78 is 20.3. The second kappa shape index (κ2) is 9.03. The quantitative estimate of drug-likeness (QED) is 0.560. The molecular formula is C19H22FN3O3S. The molecule has 1 aliphatic rings. The number of benzene rings is 1. The van der Waals surface area contributed by atoms with Gasteiger partial charge in [0.1, 0.15) is 5.82 Å². The Labute approximate surface area is 161 Å². The number of thioether (sulfide) groups is 1. The number of likely N-dealkylation sites (tertiary alicyclic amines) is 1. The normalized spacial score (nSPS) is 17.0. The van der Waals surface area contributed by atoms with E-state index in [0.717, 1.165) is 12.8 Å². The van der Waals surface area contributed by atoms with Crippen LogP contribution in [0.5, 0.6) is 0 Å². The molecule has 1 aromatic carbocycles. The number of aromatic nitrogens is 2. The van der Waals surface area contributed by atoms with Gasteiger partial charge in [-0.25, -0.2) is 9.37 Å². The second-order valence-electron chi connectivity index (χ2n) is 6.28. The van der Waals surface area contributed by atoms with Crippen molar-refractivity contribution >= 4 is 23.6 Å². The lowest BCUT2D eigenvalue weighted by atomic mass is 9.98. The molecule has 2 aromatic rings. The number of piperidine rings is 1. The zero-order valence-electron chi connectivity index (χ0n) is 15.1. The molecule has 27 heavy (non-hydrogen) atoms. The SMILES string of the molecule is CCOC(=O)C1CCCN(C(=O)CSc2nccn2-c2cccc(F)c2)C1. The Hall–Kier alpha value is -2.35. The van der Waals surface area contributed by atoms with Crippen molar-refractivity contribution < 1.29 is 18.7 Å². The van der Waals surface area contributed by atoms with Crippen LogP contribution in [0, 0.1) is 11.7 Å². The number of halogens is 1. The van der Waals surface area contributed by atoms with Crippen LogP contribution >= 0.6 is 11.8 Å². The summed E-state index contributed by atoms with van der Waals surface area (Å²) in [4.78, 5) is 30.5. The molecule has 2 heterocycles. The Balaban J connectivity index is 1.60. The van der Waals surface area contributed by atoms with E-state index in [4.69, 9.17) is 4.74 Å². The van der Waals surface area contributed by atoms with Gasteiger partial charge in [-0.3, -0.25) is 14.2 Å². The Kier molecular flexibility index (Phi) is 6.49. The number of ether oxygens (including phenoxy) is 1. The van der Waals surface area contributed by atoms with Crippen molar-refractivity contribution in [2.24, 2.45) is 5.92 Å². The summed E-state index contributed by atoms with van der Waals surface area (Å²) in [6.07, 6.45) is 4.90. The number of amides is 1. The van der Waals surface area contributed by atoms with Gasteiger partial charge >= 0.3 is 5.97 Å². The van der Waals surface area contributed by atoms with Crippen LogP contribution in [0.4, 0.5) is 4.39 Å². The number of carbonyl (C=O) groups excluding carboxylic acids is 2. The van der Waals surface area contributed by atoms with E-state index in [1.54, 1.807) is 40.9 Å². The highest BCUT2D eigenvalue weighted by Gasteiger charge is 2.29. The van der Waals surface area contributed by atoms with Crippen LogP contribution in [0.15, 0.2) is 41.8 Å². The summed E-state index contributed by atoms with van der Waals surface area (Å²) in [6, 6.07) is 6.22. The average Bonchev–Trinajstić information content (AvgIpc) is 3.15. The average molecular weight is 391 g/mol. The molecule has 0 N–H and O–H groups in total. The van der Waals surface area contributed by atoms with Gasteiger partial charge in [-0.05, 0) is 38.0 Å². The first-order valence-electron chi connectivity index (χ1n) is 8.95. The lowest BCUT2D eigenvalue weighted by Gasteiger charge is -2.31. The number of imidazole rings is 1. The molecule has 1 unspecified atom stereocenters. The van der Waals surface area contributed by atoms with Gasteiger partial charge in [0.15, 0.2) is 5.16 Å². The van der Waals surface area contributed by atoms with Gasteiger partial charge < -0.3 is 9.64 Å². The van der Waals surface area contributed by atoms with Crippen LogP contribution < -0.4 is 0 Å². The fraction of sp³-hybridized carbons (Fsp3) is 0.421. The third-order valence-electron chi connectivity index (χ3n) is 4.41. The number of rotatable bonds is 6. The minimum atomic E-state index is -0.327. The first kappa shape index (κ1) is 19.4.